The number of hydrogen-bond acceptors (Lipinski definition) is 2. The molecule has 1 fully saturated rings. The summed E-state index contributed by atoms with van der Waals surface area (Å²) >= 11 is 0. The maximum absolute atomic E-state index is 3.48. The molecule has 0 unspecified atom stereocenters. The molecule has 0 aromatic carbocycles. The maximum atomic E-state index is 3.48. The second kappa shape index (κ2) is 9.77. The Hall–Kier alpha value is -0.0800. The largest absolute Gasteiger partial charge is 0.317 e. The van der Waals surface area contributed by atoms with Gasteiger partial charge in [0.25, 0.3) is 0 Å². The molecule has 0 radical (unpaired) electrons. The van der Waals surface area contributed by atoms with Crippen LogP contribution in [-0.2, 0) is 0 Å². The Morgan fingerprint density at radius 3 is 2.53 bits per heavy atom. The number of unbranched alkanes of at least 4 members (excludes halogenated alkanes) is 3. The predicted octanol–water partition coefficient (Wildman–Crippen LogP) is 4.06. The Labute approximate surface area is 121 Å². The summed E-state index contributed by atoms with van der Waals surface area (Å²) in [5, 5.41) is 3.48. The molecule has 1 aliphatic heterocycles. The Balaban J connectivity index is 1.94. The molecule has 0 atom stereocenters. The van der Waals surface area contributed by atoms with Crippen molar-refractivity contribution in [3.63, 3.8) is 0 Å². The topological polar surface area (TPSA) is 15.3 Å². The molecule has 1 N–H and O–H groups in total. The van der Waals surface area contributed by atoms with E-state index in [-0.39, 0.29) is 0 Å². The second-order valence-corrected chi connectivity index (χ2v) is 7.02. The molecule has 114 valence electrons. The molecular weight excluding hydrogens is 232 g/mol. The maximum Gasteiger partial charge on any atom is -0.00136 e. The minimum Gasteiger partial charge on any atom is -0.317 e. The molecule has 1 heterocycles. The lowest BCUT2D eigenvalue weighted by Crippen LogP contribution is -2.26. The third-order valence-electron chi connectivity index (χ3n) is 4.44. The van der Waals surface area contributed by atoms with Gasteiger partial charge in [-0.3, -0.25) is 0 Å². The van der Waals surface area contributed by atoms with Gasteiger partial charge in [-0.1, -0.05) is 33.6 Å². The lowest BCUT2D eigenvalue weighted by molar-refractivity contribution is 0.257. The van der Waals surface area contributed by atoms with Crippen LogP contribution < -0.4 is 5.32 Å². The van der Waals surface area contributed by atoms with E-state index in [2.05, 4.69) is 31.0 Å². The van der Waals surface area contributed by atoms with Crippen LogP contribution in [0.25, 0.3) is 0 Å². The van der Waals surface area contributed by atoms with E-state index in [0.717, 1.165) is 0 Å². The van der Waals surface area contributed by atoms with Gasteiger partial charge in [-0.05, 0) is 76.7 Å². The molecule has 1 aliphatic rings. The summed E-state index contributed by atoms with van der Waals surface area (Å²) in [5.41, 5.74) is 0.583. The molecule has 2 heteroatoms. The van der Waals surface area contributed by atoms with E-state index in [4.69, 9.17) is 0 Å². The number of nitrogens with zero attached hydrogens (tertiary/aromatic N) is 1. The van der Waals surface area contributed by atoms with Gasteiger partial charge in [0.1, 0.15) is 0 Å². The van der Waals surface area contributed by atoms with Crippen molar-refractivity contribution in [2.24, 2.45) is 5.41 Å². The summed E-state index contributed by atoms with van der Waals surface area (Å²) in [5.74, 6) is 0. The van der Waals surface area contributed by atoms with Crippen molar-refractivity contribution >= 4 is 0 Å². The Bertz CT molecular complexity index is 213. The Morgan fingerprint density at radius 1 is 0.947 bits per heavy atom. The van der Waals surface area contributed by atoms with Crippen LogP contribution in [-0.4, -0.2) is 37.6 Å². The number of hydrogen-bond donors (Lipinski definition) is 1. The molecular formula is C17H36N2. The van der Waals surface area contributed by atoms with Crippen molar-refractivity contribution in [2.45, 2.75) is 72.1 Å². The standard InChI is InChI=1S/C17H36N2/c1-4-12-18-13-7-5-6-8-14-19-15-9-10-17(2,3)11-16-19/h18H,4-16H2,1-3H3. The second-order valence-electron chi connectivity index (χ2n) is 7.02. The summed E-state index contributed by atoms with van der Waals surface area (Å²) in [6.45, 7) is 13.5. The predicted molar refractivity (Wildman–Crippen MR) is 85.7 cm³/mol. The van der Waals surface area contributed by atoms with Crippen LogP contribution in [0.2, 0.25) is 0 Å². The van der Waals surface area contributed by atoms with Gasteiger partial charge in [0.15, 0.2) is 0 Å². The molecule has 0 saturated carbocycles. The average Bonchev–Trinajstić information content (AvgIpc) is 2.54. The van der Waals surface area contributed by atoms with Crippen LogP contribution >= 0.6 is 0 Å². The van der Waals surface area contributed by atoms with Gasteiger partial charge in [-0.2, -0.15) is 0 Å². The van der Waals surface area contributed by atoms with Crippen LogP contribution in [0.5, 0.6) is 0 Å². The first-order valence-corrected chi connectivity index (χ1v) is 8.57. The van der Waals surface area contributed by atoms with Crippen molar-refractivity contribution < 1.29 is 0 Å². The van der Waals surface area contributed by atoms with Gasteiger partial charge in [0.2, 0.25) is 0 Å². The Kier molecular flexibility index (Phi) is 8.72. The van der Waals surface area contributed by atoms with E-state index in [1.807, 2.05) is 0 Å². The van der Waals surface area contributed by atoms with Gasteiger partial charge in [-0.25, -0.2) is 0 Å². The summed E-state index contributed by atoms with van der Waals surface area (Å²) in [6.07, 6.45) is 11.0. The fourth-order valence-electron chi connectivity index (χ4n) is 2.94. The number of likely N-dealkylation sites (tertiary alicyclic amines) is 1. The van der Waals surface area contributed by atoms with Crippen molar-refractivity contribution in [1.82, 2.24) is 10.2 Å². The highest BCUT2D eigenvalue weighted by atomic mass is 15.1. The van der Waals surface area contributed by atoms with E-state index >= 15 is 0 Å². The van der Waals surface area contributed by atoms with Gasteiger partial charge >= 0.3 is 0 Å². The smallest absolute Gasteiger partial charge is 0.00136 e. The third-order valence-corrected chi connectivity index (χ3v) is 4.44. The highest BCUT2D eigenvalue weighted by molar-refractivity contribution is 4.76. The molecule has 0 aromatic rings. The summed E-state index contributed by atoms with van der Waals surface area (Å²) in [4.78, 5) is 2.70. The van der Waals surface area contributed by atoms with Crippen LogP contribution in [0, 0.1) is 5.41 Å². The van der Waals surface area contributed by atoms with Gasteiger partial charge in [-0.15, -0.1) is 0 Å². The van der Waals surface area contributed by atoms with Crippen molar-refractivity contribution in [3.05, 3.63) is 0 Å². The Morgan fingerprint density at radius 2 is 1.74 bits per heavy atom. The lowest BCUT2D eigenvalue weighted by Gasteiger charge is -2.23. The minimum absolute atomic E-state index is 0.583. The van der Waals surface area contributed by atoms with Gasteiger partial charge in [0.05, 0.1) is 0 Å². The van der Waals surface area contributed by atoms with E-state index in [9.17, 15) is 0 Å². The molecule has 0 bridgehead atoms. The van der Waals surface area contributed by atoms with Crippen LogP contribution in [0.15, 0.2) is 0 Å². The minimum atomic E-state index is 0.583. The molecule has 2 nitrogen and oxygen atoms in total. The van der Waals surface area contributed by atoms with E-state index in [0.29, 0.717) is 5.41 Å². The van der Waals surface area contributed by atoms with Crippen LogP contribution in [0.3, 0.4) is 0 Å². The average molecular weight is 268 g/mol. The molecule has 0 spiro atoms. The monoisotopic (exact) mass is 268 g/mol. The molecule has 19 heavy (non-hydrogen) atoms. The zero-order valence-electron chi connectivity index (χ0n) is 13.6. The van der Waals surface area contributed by atoms with Crippen LogP contribution in [0.4, 0.5) is 0 Å². The zero-order valence-corrected chi connectivity index (χ0v) is 13.6. The molecule has 0 amide bonds. The quantitative estimate of drug-likeness (QED) is 0.634. The molecule has 0 aromatic heterocycles. The fraction of sp³-hybridized carbons (Fsp3) is 1.00. The van der Waals surface area contributed by atoms with Gasteiger partial charge < -0.3 is 10.2 Å². The van der Waals surface area contributed by atoms with Crippen molar-refractivity contribution in [3.8, 4) is 0 Å². The van der Waals surface area contributed by atoms with Gasteiger partial charge in [0, 0.05) is 0 Å². The van der Waals surface area contributed by atoms with Crippen molar-refractivity contribution in [1.29, 1.82) is 0 Å². The summed E-state index contributed by atoms with van der Waals surface area (Å²) in [7, 11) is 0. The first-order chi connectivity index (χ1) is 9.14. The molecule has 1 rings (SSSR count). The summed E-state index contributed by atoms with van der Waals surface area (Å²) in [6, 6.07) is 0. The highest BCUT2D eigenvalue weighted by Gasteiger charge is 2.22. The van der Waals surface area contributed by atoms with Crippen LogP contribution in [0.1, 0.15) is 72.1 Å². The van der Waals surface area contributed by atoms with E-state index in [1.165, 1.54) is 84.1 Å². The lowest BCUT2D eigenvalue weighted by atomic mass is 9.85. The van der Waals surface area contributed by atoms with E-state index in [1.54, 1.807) is 0 Å². The third kappa shape index (κ3) is 8.65. The molecule has 0 aliphatic carbocycles. The first-order valence-electron chi connectivity index (χ1n) is 8.57. The normalized spacial score (nSPS) is 20.4. The number of nitrogens with one attached hydrogen (secondary N) is 1. The summed E-state index contributed by atoms with van der Waals surface area (Å²) < 4.78 is 0. The molecule has 1 saturated heterocycles. The first kappa shape index (κ1) is 17.0. The SMILES string of the molecule is CCCNCCCCCCN1CCCC(C)(C)CC1. The zero-order chi connectivity index (χ0) is 14.0. The highest BCUT2D eigenvalue weighted by Crippen LogP contribution is 2.29. The number of rotatable bonds is 9. The van der Waals surface area contributed by atoms with Crippen molar-refractivity contribution in [2.75, 3.05) is 32.7 Å². The van der Waals surface area contributed by atoms with E-state index < -0.39 is 0 Å². The fourth-order valence-corrected chi connectivity index (χ4v) is 2.94.